The Kier molecular flexibility index (Phi) is 2.48. The summed E-state index contributed by atoms with van der Waals surface area (Å²) in [5.74, 6) is -0.899. The molecule has 0 spiro atoms. The molecule has 0 atom stereocenters. The van der Waals surface area contributed by atoms with Gasteiger partial charge in [-0.1, -0.05) is 36.4 Å². The third kappa shape index (κ3) is 1.71. The van der Waals surface area contributed by atoms with Crippen LogP contribution in [0.15, 0.2) is 48.7 Å². The van der Waals surface area contributed by atoms with Crippen LogP contribution in [0.1, 0.15) is 21.5 Å². The van der Waals surface area contributed by atoms with Gasteiger partial charge in [0.05, 0.1) is 11.8 Å². The first-order valence-corrected chi connectivity index (χ1v) is 6.74. The molecule has 0 fully saturated rings. The van der Waals surface area contributed by atoms with Gasteiger partial charge < -0.3 is 9.84 Å². The van der Waals surface area contributed by atoms with Crippen molar-refractivity contribution in [2.75, 3.05) is 0 Å². The molecule has 0 radical (unpaired) electrons. The van der Waals surface area contributed by atoms with Crippen LogP contribution in [0.5, 0.6) is 0 Å². The maximum absolute atomic E-state index is 11.4. The topological polar surface area (TPSA) is 46.5 Å². The van der Waals surface area contributed by atoms with E-state index in [0.29, 0.717) is 12.2 Å². The van der Waals surface area contributed by atoms with E-state index in [0.717, 1.165) is 32.7 Å². The third-order valence-corrected chi connectivity index (χ3v) is 4.01. The second-order valence-corrected chi connectivity index (χ2v) is 5.11. The lowest BCUT2D eigenvalue weighted by Crippen LogP contribution is -2.00. The molecule has 1 aliphatic rings. The lowest BCUT2D eigenvalue weighted by atomic mass is 9.93. The molecule has 0 aliphatic carbocycles. The summed E-state index contributed by atoms with van der Waals surface area (Å²) >= 11 is 0. The number of benzene rings is 3. The highest BCUT2D eigenvalue weighted by Gasteiger charge is 2.14. The predicted molar refractivity (Wildman–Crippen MR) is 82.2 cm³/mol. The average molecular weight is 276 g/mol. The fourth-order valence-corrected chi connectivity index (χ4v) is 3.01. The molecule has 3 aromatic carbocycles. The SMILES string of the molecule is O=C(O)c1cccc2c1ccc1c3c(ccc12)C=COC3. The Labute approximate surface area is 121 Å². The summed E-state index contributed by atoms with van der Waals surface area (Å²) in [6.45, 7) is 0.549. The van der Waals surface area contributed by atoms with E-state index in [2.05, 4.69) is 12.1 Å². The molecule has 1 aliphatic heterocycles. The number of hydrogen-bond donors (Lipinski definition) is 1. The number of ether oxygens (including phenoxy) is 1. The summed E-state index contributed by atoms with van der Waals surface area (Å²) in [6, 6.07) is 13.4. The summed E-state index contributed by atoms with van der Waals surface area (Å²) in [5.41, 5.74) is 2.64. The highest BCUT2D eigenvalue weighted by Crippen LogP contribution is 2.33. The molecule has 4 rings (SSSR count). The molecule has 0 saturated carbocycles. The fourth-order valence-electron chi connectivity index (χ4n) is 3.01. The molecule has 102 valence electrons. The fraction of sp³-hybridized carbons (Fsp3) is 0.0556. The van der Waals surface area contributed by atoms with Crippen molar-refractivity contribution >= 4 is 33.6 Å². The molecule has 0 amide bonds. The van der Waals surface area contributed by atoms with Gasteiger partial charge in [-0.3, -0.25) is 0 Å². The minimum atomic E-state index is -0.899. The number of fused-ring (bicyclic) bond motifs is 5. The Morgan fingerprint density at radius 2 is 1.71 bits per heavy atom. The standard InChI is InChI=1S/C18H12O3/c19-18(20)16-3-1-2-12-13-5-4-11-8-9-21-10-17(11)15(13)7-6-14(12)16/h1-9H,10H2,(H,19,20). The van der Waals surface area contributed by atoms with Gasteiger partial charge in [-0.25, -0.2) is 4.79 Å². The maximum Gasteiger partial charge on any atom is 0.336 e. The number of aromatic carboxylic acids is 1. The lowest BCUT2D eigenvalue weighted by molar-refractivity contribution is 0.0699. The van der Waals surface area contributed by atoms with Crippen molar-refractivity contribution in [1.82, 2.24) is 0 Å². The average Bonchev–Trinajstić information content (AvgIpc) is 2.53. The first-order chi connectivity index (χ1) is 10.3. The Morgan fingerprint density at radius 3 is 2.57 bits per heavy atom. The zero-order valence-corrected chi connectivity index (χ0v) is 11.2. The van der Waals surface area contributed by atoms with Gasteiger partial charge in [0.2, 0.25) is 0 Å². The van der Waals surface area contributed by atoms with E-state index in [1.807, 2.05) is 24.3 Å². The lowest BCUT2D eigenvalue weighted by Gasteiger charge is -2.16. The highest BCUT2D eigenvalue weighted by atomic mass is 16.5. The minimum absolute atomic E-state index is 0.336. The predicted octanol–water partition coefficient (Wildman–Crippen LogP) is 4.19. The van der Waals surface area contributed by atoms with Gasteiger partial charge in [0.15, 0.2) is 0 Å². The van der Waals surface area contributed by atoms with E-state index in [9.17, 15) is 9.90 Å². The van der Waals surface area contributed by atoms with Crippen molar-refractivity contribution in [1.29, 1.82) is 0 Å². The van der Waals surface area contributed by atoms with Crippen molar-refractivity contribution < 1.29 is 14.6 Å². The first kappa shape index (κ1) is 12.0. The minimum Gasteiger partial charge on any atom is -0.496 e. The van der Waals surface area contributed by atoms with Gasteiger partial charge >= 0.3 is 5.97 Å². The van der Waals surface area contributed by atoms with Crippen LogP contribution < -0.4 is 0 Å². The number of hydrogen-bond acceptors (Lipinski definition) is 2. The molecule has 3 heteroatoms. The van der Waals surface area contributed by atoms with Crippen LogP contribution in [0.3, 0.4) is 0 Å². The highest BCUT2D eigenvalue weighted by molar-refractivity contribution is 6.14. The number of carboxylic acids is 1. The Bertz CT molecular complexity index is 923. The van der Waals surface area contributed by atoms with Gasteiger partial charge in [0, 0.05) is 5.56 Å². The van der Waals surface area contributed by atoms with Crippen LogP contribution >= 0.6 is 0 Å². The molecule has 0 bridgehead atoms. The largest absolute Gasteiger partial charge is 0.496 e. The normalized spacial score (nSPS) is 13.1. The molecular formula is C18H12O3. The monoisotopic (exact) mass is 276 g/mol. The van der Waals surface area contributed by atoms with Crippen molar-refractivity contribution in [2.24, 2.45) is 0 Å². The Balaban J connectivity index is 2.14. The van der Waals surface area contributed by atoms with Crippen molar-refractivity contribution in [3.8, 4) is 0 Å². The Morgan fingerprint density at radius 1 is 0.952 bits per heavy atom. The molecule has 0 aromatic heterocycles. The first-order valence-electron chi connectivity index (χ1n) is 6.74. The molecule has 1 heterocycles. The summed E-state index contributed by atoms with van der Waals surface area (Å²) in [5, 5.41) is 13.2. The van der Waals surface area contributed by atoms with Crippen LogP contribution in [0.25, 0.3) is 27.6 Å². The smallest absolute Gasteiger partial charge is 0.336 e. The number of carbonyl (C=O) groups is 1. The molecule has 1 N–H and O–H groups in total. The number of rotatable bonds is 1. The van der Waals surface area contributed by atoms with Crippen molar-refractivity contribution in [3.05, 3.63) is 65.4 Å². The molecular weight excluding hydrogens is 264 g/mol. The second-order valence-electron chi connectivity index (χ2n) is 5.11. The third-order valence-electron chi connectivity index (χ3n) is 4.01. The molecule has 21 heavy (non-hydrogen) atoms. The van der Waals surface area contributed by atoms with Gasteiger partial charge in [-0.05, 0) is 39.3 Å². The van der Waals surface area contributed by atoms with Gasteiger partial charge in [-0.2, -0.15) is 0 Å². The maximum atomic E-state index is 11.4. The summed E-state index contributed by atoms with van der Waals surface area (Å²) in [4.78, 5) is 11.4. The van der Waals surface area contributed by atoms with Gasteiger partial charge in [0.1, 0.15) is 6.61 Å². The number of carboxylic acid groups (broad SMARTS) is 1. The zero-order chi connectivity index (χ0) is 14.4. The van der Waals surface area contributed by atoms with E-state index in [-0.39, 0.29) is 0 Å². The van der Waals surface area contributed by atoms with Crippen LogP contribution in [-0.4, -0.2) is 11.1 Å². The van der Waals surface area contributed by atoms with Crippen molar-refractivity contribution in [2.45, 2.75) is 6.61 Å². The summed E-state index contributed by atoms with van der Waals surface area (Å²) in [7, 11) is 0. The van der Waals surface area contributed by atoms with E-state index in [4.69, 9.17) is 4.74 Å². The quantitative estimate of drug-likeness (QED) is 0.678. The van der Waals surface area contributed by atoms with E-state index >= 15 is 0 Å². The van der Waals surface area contributed by atoms with E-state index < -0.39 is 5.97 Å². The van der Waals surface area contributed by atoms with Crippen LogP contribution in [0.4, 0.5) is 0 Å². The van der Waals surface area contributed by atoms with Crippen LogP contribution in [-0.2, 0) is 11.3 Å². The molecule has 3 aromatic rings. The second kappa shape index (κ2) is 4.35. The van der Waals surface area contributed by atoms with Crippen LogP contribution in [0, 0.1) is 0 Å². The van der Waals surface area contributed by atoms with E-state index in [1.165, 1.54) is 0 Å². The van der Waals surface area contributed by atoms with Crippen LogP contribution in [0.2, 0.25) is 0 Å². The summed E-state index contributed by atoms with van der Waals surface area (Å²) < 4.78 is 5.40. The van der Waals surface area contributed by atoms with Gasteiger partial charge in [-0.15, -0.1) is 0 Å². The van der Waals surface area contributed by atoms with Crippen molar-refractivity contribution in [3.63, 3.8) is 0 Å². The summed E-state index contributed by atoms with van der Waals surface area (Å²) in [6.07, 6.45) is 3.66. The molecule has 0 saturated heterocycles. The molecule has 0 unspecified atom stereocenters. The van der Waals surface area contributed by atoms with E-state index in [1.54, 1.807) is 18.4 Å². The zero-order valence-electron chi connectivity index (χ0n) is 11.2. The molecule has 3 nitrogen and oxygen atoms in total. The van der Waals surface area contributed by atoms with Gasteiger partial charge in [0.25, 0.3) is 0 Å². The Hall–Kier alpha value is -2.81.